The van der Waals surface area contributed by atoms with E-state index in [4.69, 9.17) is 0 Å². The largest absolute Gasteiger partial charge is 0.343 e. The quantitative estimate of drug-likeness (QED) is 0.466. The van der Waals surface area contributed by atoms with E-state index in [-0.39, 0.29) is 23.2 Å². The SMILES string of the molecule is CC(NC(=O)c1cc2c(cn1)ncn2C)c1cnc(Cc2cc(C(C)(C)C)ccc2F)s1. The van der Waals surface area contributed by atoms with Crippen molar-refractivity contribution in [3.05, 3.63) is 75.5 Å². The molecule has 3 aromatic heterocycles. The number of aryl methyl sites for hydroxylation is 1. The lowest BCUT2D eigenvalue weighted by molar-refractivity contribution is 0.0935. The van der Waals surface area contributed by atoms with Crippen molar-refractivity contribution in [3.8, 4) is 0 Å². The molecule has 8 heteroatoms. The maximum Gasteiger partial charge on any atom is 0.270 e. The van der Waals surface area contributed by atoms with Crippen molar-refractivity contribution in [2.24, 2.45) is 7.05 Å². The Morgan fingerprint density at radius 3 is 2.72 bits per heavy atom. The predicted octanol–water partition coefficient (Wildman–Crippen LogP) is 4.94. The lowest BCUT2D eigenvalue weighted by atomic mass is 9.86. The van der Waals surface area contributed by atoms with Crippen LogP contribution in [0, 0.1) is 5.82 Å². The molecule has 6 nitrogen and oxygen atoms in total. The van der Waals surface area contributed by atoms with Crippen LogP contribution in [0.5, 0.6) is 0 Å². The fourth-order valence-electron chi connectivity index (χ4n) is 3.44. The molecule has 0 saturated carbocycles. The van der Waals surface area contributed by atoms with E-state index in [9.17, 15) is 9.18 Å². The number of amides is 1. The molecule has 1 unspecified atom stereocenters. The highest BCUT2D eigenvalue weighted by molar-refractivity contribution is 7.11. The second-order valence-corrected chi connectivity index (χ2v) is 10.1. The number of benzene rings is 1. The third kappa shape index (κ3) is 4.55. The van der Waals surface area contributed by atoms with Gasteiger partial charge in [0.05, 0.1) is 29.1 Å². The van der Waals surface area contributed by atoms with Crippen LogP contribution >= 0.6 is 11.3 Å². The van der Waals surface area contributed by atoms with Crippen molar-refractivity contribution in [3.63, 3.8) is 0 Å². The summed E-state index contributed by atoms with van der Waals surface area (Å²) in [5.41, 5.74) is 3.58. The molecule has 0 aliphatic heterocycles. The molecule has 4 aromatic rings. The van der Waals surface area contributed by atoms with E-state index in [0.717, 1.165) is 26.5 Å². The van der Waals surface area contributed by atoms with Crippen LogP contribution < -0.4 is 5.32 Å². The number of pyridine rings is 1. The molecule has 32 heavy (non-hydrogen) atoms. The van der Waals surface area contributed by atoms with E-state index in [0.29, 0.717) is 17.7 Å². The van der Waals surface area contributed by atoms with Crippen LogP contribution in [-0.4, -0.2) is 25.4 Å². The van der Waals surface area contributed by atoms with Gasteiger partial charge in [0.15, 0.2) is 0 Å². The first-order valence-electron chi connectivity index (χ1n) is 10.4. The number of rotatable bonds is 5. The maximum absolute atomic E-state index is 14.4. The van der Waals surface area contributed by atoms with Gasteiger partial charge in [-0.3, -0.25) is 4.79 Å². The fraction of sp³-hybridized carbons (Fsp3) is 0.333. The molecule has 1 amide bonds. The van der Waals surface area contributed by atoms with Gasteiger partial charge in [-0.25, -0.2) is 19.3 Å². The third-order valence-electron chi connectivity index (χ3n) is 5.44. The molecule has 4 rings (SSSR count). The highest BCUT2D eigenvalue weighted by atomic mass is 32.1. The number of hydrogen-bond donors (Lipinski definition) is 1. The standard InChI is InChI=1S/C24H26FN5OS/c1-14(29-23(31)18-10-20-19(11-26-18)28-13-30(20)5)21-12-27-22(32-21)9-15-8-16(24(2,3)4)6-7-17(15)25/h6-8,10-14H,9H2,1-5H3,(H,29,31). The summed E-state index contributed by atoms with van der Waals surface area (Å²) < 4.78 is 16.2. The molecule has 0 aliphatic rings. The number of hydrogen-bond acceptors (Lipinski definition) is 5. The van der Waals surface area contributed by atoms with E-state index in [1.54, 1.807) is 24.8 Å². The van der Waals surface area contributed by atoms with Gasteiger partial charge in [-0.2, -0.15) is 0 Å². The first kappa shape index (κ1) is 22.1. The molecule has 1 N–H and O–H groups in total. The highest BCUT2D eigenvalue weighted by Crippen LogP contribution is 2.28. The van der Waals surface area contributed by atoms with E-state index >= 15 is 0 Å². The van der Waals surface area contributed by atoms with Crippen LogP contribution in [-0.2, 0) is 18.9 Å². The molecule has 0 radical (unpaired) electrons. The van der Waals surface area contributed by atoms with E-state index < -0.39 is 0 Å². The number of nitrogens with zero attached hydrogens (tertiary/aromatic N) is 4. The zero-order chi connectivity index (χ0) is 23.0. The first-order valence-corrected chi connectivity index (χ1v) is 11.2. The van der Waals surface area contributed by atoms with Gasteiger partial charge in [0, 0.05) is 24.5 Å². The Kier molecular flexibility index (Phi) is 5.81. The number of aromatic nitrogens is 4. The van der Waals surface area contributed by atoms with Gasteiger partial charge >= 0.3 is 0 Å². The van der Waals surface area contributed by atoms with Crippen LogP contribution in [0.4, 0.5) is 4.39 Å². The number of nitrogens with one attached hydrogen (secondary N) is 1. The Morgan fingerprint density at radius 2 is 1.97 bits per heavy atom. The summed E-state index contributed by atoms with van der Waals surface area (Å²) in [5, 5.41) is 3.78. The maximum atomic E-state index is 14.4. The number of halogens is 1. The second kappa shape index (κ2) is 8.43. The van der Waals surface area contributed by atoms with Crippen molar-refractivity contribution in [1.82, 2.24) is 24.8 Å². The van der Waals surface area contributed by atoms with Gasteiger partial charge in [-0.1, -0.05) is 32.9 Å². The zero-order valence-corrected chi connectivity index (χ0v) is 19.6. The molecule has 0 aliphatic carbocycles. The Labute approximate surface area is 190 Å². The van der Waals surface area contributed by atoms with Gasteiger partial charge in [-0.15, -0.1) is 11.3 Å². The Morgan fingerprint density at radius 1 is 1.19 bits per heavy atom. The smallest absolute Gasteiger partial charge is 0.270 e. The molecule has 0 saturated heterocycles. The van der Waals surface area contributed by atoms with Crippen molar-refractivity contribution < 1.29 is 9.18 Å². The van der Waals surface area contributed by atoms with Gasteiger partial charge < -0.3 is 9.88 Å². The predicted molar refractivity (Wildman–Crippen MR) is 124 cm³/mol. The van der Waals surface area contributed by atoms with Gasteiger partial charge in [0.2, 0.25) is 0 Å². The molecule has 0 spiro atoms. The molecule has 1 aromatic carbocycles. The summed E-state index contributed by atoms with van der Waals surface area (Å²) in [7, 11) is 1.87. The highest BCUT2D eigenvalue weighted by Gasteiger charge is 2.19. The molecule has 1 atom stereocenters. The van der Waals surface area contributed by atoms with Gasteiger partial charge in [0.1, 0.15) is 17.0 Å². The van der Waals surface area contributed by atoms with Crippen LogP contribution in [0.3, 0.4) is 0 Å². The van der Waals surface area contributed by atoms with Gasteiger partial charge in [0.25, 0.3) is 5.91 Å². The van der Waals surface area contributed by atoms with Crippen molar-refractivity contribution in [1.29, 1.82) is 0 Å². The van der Waals surface area contributed by atoms with E-state index in [2.05, 4.69) is 41.0 Å². The van der Waals surface area contributed by atoms with E-state index in [1.807, 2.05) is 30.7 Å². The summed E-state index contributed by atoms with van der Waals surface area (Å²) in [6.07, 6.45) is 5.45. The molecular formula is C24H26FN5OS. The minimum absolute atomic E-state index is 0.0538. The topological polar surface area (TPSA) is 72.7 Å². The van der Waals surface area contributed by atoms with Crippen molar-refractivity contribution in [2.45, 2.75) is 45.6 Å². The lowest BCUT2D eigenvalue weighted by Crippen LogP contribution is -2.26. The van der Waals surface area contributed by atoms with E-state index in [1.165, 1.54) is 17.4 Å². The Balaban J connectivity index is 1.47. The second-order valence-electron chi connectivity index (χ2n) is 9.00. The summed E-state index contributed by atoms with van der Waals surface area (Å²) in [6, 6.07) is 6.76. The normalized spacial score (nSPS) is 12.8. The number of carbonyl (C=O) groups excluding carboxylic acids is 1. The average Bonchev–Trinajstić information content (AvgIpc) is 3.35. The summed E-state index contributed by atoms with van der Waals surface area (Å²) in [5.74, 6) is -0.493. The third-order valence-corrected chi connectivity index (χ3v) is 6.62. The lowest BCUT2D eigenvalue weighted by Gasteiger charge is -2.20. The number of carbonyl (C=O) groups is 1. The summed E-state index contributed by atoms with van der Waals surface area (Å²) in [4.78, 5) is 26.5. The molecule has 166 valence electrons. The first-order chi connectivity index (χ1) is 15.1. The van der Waals surface area contributed by atoms with Crippen molar-refractivity contribution in [2.75, 3.05) is 0 Å². The molecular weight excluding hydrogens is 425 g/mol. The number of thiazole rings is 1. The monoisotopic (exact) mass is 451 g/mol. The van der Waals surface area contributed by atoms with Crippen LogP contribution in [0.2, 0.25) is 0 Å². The van der Waals surface area contributed by atoms with Crippen LogP contribution in [0.1, 0.15) is 65.2 Å². The molecule has 0 bridgehead atoms. The summed E-state index contributed by atoms with van der Waals surface area (Å²) >= 11 is 1.47. The van der Waals surface area contributed by atoms with Gasteiger partial charge in [-0.05, 0) is 35.6 Å². The minimum atomic E-state index is -0.264. The van der Waals surface area contributed by atoms with Crippen LogP contribution in [0.25, 0.3) is 11.0 Å². The molecule has 3 heterocycles. The minimum Gasteiger partial charge on any atom is -0.343 e. The average molecular weight is 452 g/mol. The summed E-state index contributed by atoms with van der Waals surface area (Å²) in [6.45, 7) is 8.23. The number of fused-ring (bicyclic) bond motifs is 1. The van der Waals surface area contributed by atoms with Crippen LogP contribution in [0.15, 0.2) is 43.0 Å². The Hall–Kier alpha value is -3.13. The fourth-order valence-corrected chi connectivity index (χ4v) is 4.39. The zero-order valence-electron chi connectivity index (χ0n) is 18.8. The van der Waals surface area contributed by atoms with Crippen molar-refractivity contribution >= 4 is 28.3 Å². The Bertz CT molecular complexity index is 1290. The number of imidazole rings is 1. The molecule has 0 fully saturated rings.